The molecule has 0 bridgehead atoms. The van der Waals surface area contributed by atoms with Crippen molar-refractivity contribution in [2.75, 3.05) is 14.2 Å². The molecule has 1 heterocycles. The van der Waals surface area contributed by atoms with E-state index in [9.17, 15) is 4.79 Å². The zero-order chi connectivity index (χ0) is 21.0. The molecule has 0 fully saturated rings. The SMILES string of the molecule is COc1ccc(-c2noc(C(NC(=O)c3ccc(C)cc3)C(C)C)n2)cc1OC. The Morgan fingerprint density at radius 1 is 1.03 bits per heavy atom. The summed E-state index contributed by atoms with van der Waals surface area (Å²) in [5.41, 5.74) is 2.41. The van der Waals surface area contributed by atoms with E-state index in [-0.39, 0.29) is 11.8 Å². The van der Waals surface area contributed by atoms with Gasteiger partial charge in [-0.3, -0.25) is 4.79 Å². The minimum atomic E-state index is -0.412. The first-order valence-corrected chi connectivity index (χ1v) is 9.36. The fourth-order valence-corrected chi connectivity index (χ4v) is 2.90. The van der Waals surface area contributed by atoms with Gasteiger partial charge in [0.25, 0.3) is 5.91 Å². The summed E-state index contributed by atoms with van der Waals surface area (Å²) in [5, 5.41) is 7.07. The Balaban J connectivity index is 1.84. The summed E-state index contributed by atoms with van der Waals surface area (Å²) in [5.74, 6) is 1.83. The first kappa shape index (κ1) is 20.4. The quantitative estimate of drug-likeness (QED) is 0.645. The molecule has 0 saturated carbocycles. The lowest BCUT2D eigenvalue weighted by Gasteiger charge is -2.18. The van der Waals surface area contributed by atoms with Crippen LogP contribution in [0.3, 0.4) is 0 Å². The highest BCUT2D eigenvalue weighted by atomic mass is 16.5. The van der Waals surface area contributed by atoms with E-state index in [1.165, 1.54) is 0 Å². The lowest BCUT2D eigenvalue weighted by molar-refractivity contribution is 0.0914. The number of aromatic nitrogens is 2. The number of rotatable bonds is 7. The van der Waals surface area contributed by atoms with Gasteiger partial charge in [-0.25, -0.2) is 0 Å². The third-order valence-corrected chi connectivity index (χ3v) is 4.62. The highest BCUT2D eigenvalue weighted by Crippen LogP contribution is 2.32. The maximum atomic E-state index is 12.6. The minimum absolute atomic E-state index is 0.0584. The van der Waals surface area contributed by atoms with Crippen LogP contribution in [0.5, 0.6) is 11.5 Å². The van der Waals surface area contributed by atoms with Crippen molar-refractivity contribution in [1.82, 2.24) is 15.5 Å². The van der Waals surface area contributed by atoms with E-state index < -0.39 is 6.04 Å². The van der Waals surface area contributed by atoms with Gasteiger partial charge in [-0.2, -0.15) is 4.98 Å². The van der Waals surface area contributed by atoms with Gasteiger partial charge >= 0.3 is 0 Å². The molecule has 1 unspecified atom stereocenters. The lowest BCUT2D eigenvalue weighted by atomic mass is 10.0. The van der Waals surface area contributed by atoms with Crippen LogP contribution >= 0.6 is 0 Å². The summed E-state index contributed by atoms with van der Waals surface area (Å²) in [6.07, 6.45) is 0. The molecule has 7 nitrogen and oxygen atoms in total. The van der Waals surface area contributed by atoms with Crippen LogP contribution in [0.2, 0.25) is 0 Å². The standard InChI is InChI=1S/C22H25N3O4/c1-13(2)19(23-21(26)15-8-6-14(3)7-9-15)22-24-20(25-29-22)16-10-11-17(27-4)18(12-16)28-5/h6-13,19H,1-5H3,(H,23,26). The van der Waals surface area contributed by atoms with E-state index in [4.69, 9.17) is 14.0 Å². The van der Waals surface area contributed by atoms with Crippen molar-refractivity contribution in [2.24, 2.45) is 5.92 Å². The number of benzene rings is 2. The van der Waals surface area contributed by atoms with Gasteiger partial charge in [0, 0.05) is 11.1 Å². The van der Waals surface area contributed by atoms with Gasteiger partial charge in [0.2, 0.25) is 11.7 Å². The van der Waals surface area contributed by atoms with Gasteiger partial charge in [0.05, 0.1) is 14.2 Å². The van der Waals surface area contributed by atoms with Crippen LogP contribution in [0.1, 0.15) is 41.7 Å². The maximum Gasteiger partial charge on any atom is 0.251 e. The number of hydrogen-bond donors (Lipinski definition) is 1. The predicted octanol–water partition coefficient (Wildman–Crippen LogP) is 4.19. The van der Waals surface area contributed by atoms with Crippen LogP contribution in [-0.2, 0) is 0 Å². The Morgan fingerprint density at radius 3 is 2.34 bits per heavy atom. The molecule has 1 aromatic heterocycles. The number of carbonyl (C=O) groups is 1. The van der Waals surface area contributed by atoms with Gasteiger partial charge < -0.3 is 19.3 Å². The number of aryl methyl sites for hydroxylation is 1. The van der Waals surface area contributed by atoms with Crippen LogP contribution < -0.4 is 14.8 Å². The zero-order valence-electron chi connectivity index (χ0n) is 17.2. The van der Waals surface area contributed by atoms with Crippen molar-refractivity contribution in [3.8, 4) is 22.9 Å². The topological polar surface area (TPSA) is 86.5 Å². The first-order chi connectivity index (χ1) is 13.9. The van der Waals surface area contributed by atoms with Crippen LogP contribution in [0.15, 0.2) is 47.0 Å². The summed E-state index contributed by atoms with van der Waals surface area (Å²) < 4.78 is 16.1. The summed E-state index contributed by atoms with van der Waals surface area (Å²) in [6, 6.07) is 12.4. The molecule has 3 rings (SSSR count). The molecular formula is C22H25N3O4. The van der Waals surface area contributed by atoms with Crippen molar-refractivity contribution in [2.45, 2.75) is 26.8 Å². The number of nitrogens with one attached hydrogen (secondary N) is 1. The summed E-state index contributed by atoms with van der Waals surface area (Å²) in [6.45, 7) is 5.95. The second-order valence-corrected chi connectivity index (χ2v) is 7.09. The highest BCUT2D eigenvalue weighted by molar-refractivity contribution is 5.94. The third kappa shape index (κ3) is 4.56. The molecule has 152 valence electrons. The molecule has 1 atom stereocenters. The maximum absolute atomic E-state index is 12.6. The number of nitrogens with zero attached hydrogens (tertiary/aromatic N) is 2. The van der Waals surface area contributed by atoms with E-state index in [1.807, 2.05) is 39.0 Å². The Hall–Kier alpha value is -3.35. The van der Waals surface area contributed by atoms with Crippen LogP contribution in [0.4, 0.5) is 0 Å². The number of carbonyl (C=O) groups excluding carboxylic acids is 1. The van der Waals surface area contributed by atoms with Gasteiger partial charge in [-0.1, -0.05) is 36.7 Å². The molecular weight excluding hydrogens is 370 g/mol. The summed E-state index contributed by atoms with van der Waals surface area (Å²) in [4.78, 5) is 17.1. The predicted molar refractivity (Wildman–Crippen MR) is 109 cm³/mol. The van der Waals surface area contributed by atoms with Gasteiger partial charge in [-0.05, 0) is 43.2 Å². The lowest BCUT2D eigenvalue weighted by Crippen LogP contribution is -2.32. The second-order valence-electron chi connectivity index (χ2n) is 7.09. The molecule has 0 aliphatic heterocycles. The van der Waals surface area contributed by atoms with Crippen LogP contribution in [0.25, 0.3) is 11.4 Å². The minimum Gasteiger partial charge on any atom is -0.493 e. The van der Waals surface area contributed by atoms with Crippen molar-refractivity contribution >= 4 is 5.91 Å². The van der Waals surface area contributed by atoms with Gasteiger partial charge in [-0.15, -0.1) is 0 Å². The summed E-state index contributed by atoms with van der Waals surface area (Å²) in [7, 11) is 3.15. The molecule has 0 spiro atoms. The average Bonchev–Trinajstić information content (AvgIpc) is 3.21. The Morgan fingerprint density at radius 2 is 1.72 bits per heavy atom. The number of amides is 1. The van der Waals surface area contributed by atoms with Crippen LogP contribution in [0, 0.1) is 12.8 Å². The van der Waals surface area contributed by atoms with E-state index in [0.29, 0.717) is 28.8 Å². The molecule has 0 saturated heterocycles. The van der Waals surface area contributed by atoms with Crippen molar-refractivity contribution in [1.29, 1.82) is 0 Å². The van der Waals surface area contributed by atoms with Crippen molar-refractivity contribution in [3.63, 3.8) is 0 Å². The normalized spacial score (nSPS) is 11.9. The Kier molecular flexibility index (Phi) is 6.16. The fourth-order valence-electron chi connectivity index (χ4n) is 2.90. The zero-order valence-corrected chi connectivity index (χ0v) is 17.2. The fraction of sp³-hybridized carbons (Fsp3) is 0.318. The van der Waals surface area contributed by atoms with Crippen LogP contribution in [-0.4, -0.2) is 30.3 Å². The van der Waals surface area contributed by atoms with E-state index in [2.05, 4.69) is 15.5 Å². The Bertz CT molecular complexity index is 980. The molecule has 29 heavy (non-hydrogen) atoms. The second kappa shape index (κ2) is 8.77. The van der Waals surface area contributed by atoms with Gasteiger partial charge in [0.1, 0.15) is 6.04 Å². The largest absolute Gasteiger partial charge is 0.493 e. The molecule has 3 aromatic rings. The number of ether oxygens (including phenoxy) is 2. The smallest absolute Gasteiger partial charge is 0.251 e. The highest BCUT2D eigenvalue weighted by Gasteiger charge is 2.25. The summed E-state index contributed by atoms with van der Waals surface area (Å²) >= 11 is 0. The van der Waals surface area contributed by atoms with Crippen molar-refractivity contribution in [3.05, 3.63) is 59.5 Å². The third-order valence-electron chi connectivity index (χ3n) is 4.62. The van der Waals surface area contributed by atoms with E-state index in [1.54, 1.807) is 38.5 Å². The number of hydrogen-bond acceptors (Lipinski definition) is 6. The molecule has 2 aromatic carbocycles. The van der Waals surface area contributed by atoms with E-state index in [0.717, 1.165) is 11.1 Å². The average molecular weight is 395 g/mol. The monoisotopic (exact) mass is 395 g/mol. The molecule has 1 N–H and O–H groups in total. The van der Waals surface area contributed by atoms with Gasteiger partial charge in [0.15, 0.2) is 11.5 Å². The molecule has 0 aliphatic carbocycles. The molecule has 0 radical (unpaired) electrons. The van der Waals surface area contributed by atoms with E-state index >= 15 is 0 Å². The first-order valence-electron chi connectivity index (χ1n) is 9.36. The number of methoxy groups -OCH3 is 2. The van der Waals surface area contributed by atoms with Crippen molar-refractivity contribution < 1.29 is 18.8 Å². The molecule has 0 aliphatic rings. The molecule has 7 heteroatoms. The molecule has 1 amide bonds. The Labute approximate surface area is 170 Å².